The fourth-order valence-corrected chi connectivity index (χ4v) is 2.02. The van der Waals surface area contributed by atoms with Crippen molar-refractivity contribution in [3.05, 3.63) is 22.7 Å². The molecule has 1 fully saturated rings. The molecule has 1 heterocycles. The fraction of sp³-hybridized carbons (Fsp3) is 0.455. The van der Waals surface area contributed by atoms with Crippen molar-refractivity contribution < 1.29 is 9.47 Å². The molecule has 4 heteroatoms. The van der Waals surface area contributed by atoms with Gasteiger partial charge in [-0.1, -0.05) is 15.9 Å². The summed E-state index contributed by atoms with van der Waals surface area (Å²) in [6.07, 6.45) is 1.05. The van der Waals surface area contributed by atoms with E-state index in [-0.39, 0.29) is 0 Å². The van der Waals surface area contributed by atoms with Gasteiger partial charge in [-0.2, -0.15) is 0 Å². The van der Waals surface area contributed by atoms with Crippen molar-refractivity contribution in [2.24, 2.45) is 0 Å². The van der Waals surface area contributed by atoms with Crippen molar-refractivity contribution in [1.82, 2.24) is 0 Å². The molecule has 1 N–H and O–H groups in total. The van der Waals surface area contributed by atoms with Gasteiger partial charge in [-0.15, -0.1) is 0 Å². The van der Waals surface area contributed by atoms with Gasteiger partial charge in [0.2, 0.25) is 0 Å². The lowest BCUT2D eigenvalue weighted by Gasteiger charge is -2.15. The summed E-state index contributed by atoms with van der Waals surface area (Å²) in [7, 11) is 1.68. The lowest BCUT2D eigenvalue weighted by atomic mass is 10.2. The maximum absolute atomic E-state index is 5.32. The van der Waals surface area contributed by atoms with E-state index in [2.05, 4.69) is 21.2 Å². The number of hydrogen-bond donors (Lipinski definition) is 1. The Morgan fingerprint density at radius 3 is 3.07 bits per heavy atom. The smallest absolute Gasteiger partial charge is 0.142 e. The Labute approximate surface area is 97.9 Å². The first-order chi connectivity index (χ1) is 7.29. The molecule has 1 saturated heterocycles. The molecule has 0 aromatic heterocycles. The molecule has 0 bridgehead atoms. The molecule has 0 radical (unpaired) electrons. The minimum atomic E-state index is 0.396. The molecule has 2 rings (SSSR count). The Bertz CT molecular complexity index is 337. The van der Waals surface area contributed by atoms with Gasteiger partial charge in [-0.3, -0.25) is 0 Å². The number of benzene rings is 1. The second-order valence-corrected chi connectivity index (χ2v) is 4.47. The number of halogens is 1. The lowest BCUT2D eigenvalue weighted by molar-refractivity contribution is 0.195. The van der Waals surface area contributed by atoms with Crippen LogP contribution in [0.2, 0.25) is 0 Å². The first-order valence-electron chi connectivity index (χ1n) is 4.97. The van der Waals surface area contributed by atoms with Crippen LogP contribution >= 0.6 is 15.9 Å². The highest BCUT2D eigenvalue weighted by Gasteiger charge is 2.16. The minimum Gasteiger partial charge on any atom is -0.495 e. The van der Waals surface area contributed by atoms with Gasteiger partial charge in [0, 0.05) is 11.1 Å². The Hall–Kier alpha value is -0.740. The van der Waals surface area contributed by atoms with Crippen LogP contribution in [0.5, 0.6) is 5.75 Å². The van der Waals surface area contributed by atoms with E-state index in [4.69, 9.17) is 9.47 Å². The van der Waals surface area contributed by atoms with Gasteiger partial charge in [0.25, 0.3) is 0 Å². The maximum Gasteiger partial charge on any atom is 0.142 e. The van der Waals surface area contributed by atoms with Gasteiger partial charge >= 0.3 is 0 Å². The van der Waals surface area contributed by atoms with E-state index in [0.717, 1.165) is 35.5 Å². The Kier molecular flexibility index (Phi) is 3.49. The Morgan fingerprint density at radius 2 is 2.40 bits per heavy atom. The lowest BCUT2D eigenvalue weighted by Crippen LogP contribution is -2.19. The van der Waals surface area contributed by atoms with Gasteiger partial charge in [0.05, 0.1) is 25.4 Å². The van der Waals surface area contributed by atoms with Gasteiger partial charge in [0.1, 0.15) is 5.75 Å². The van der Waals surface area contributed by atoms with E-state index < -0.39 is 0 Å². The fourth-order valence-electron chi connectivity index (χ4n) is 1.66. The van der Waals surface area contributed by atoms with Crippen LogP contribution in [0.4, 0.5) is 5.69 Å². The molecule has 0 saturated carbocycles. The van der Waals surface area contributed by atoms with Crippen molar-refractivity contribution in [2.75, 3.05) is 25.6 Å². The van der Waals surface area contributed by atoms with Crippen LogP contribution in [0, 0.1) is 0 Å². The second-order valence-electron chi connectivity index (χ2n) is 3.55. The second kappa shape index (κ2) is 4.86. The topological polar surface area (TPSA) is 30.5 Å². The summed E-state index contributed by atoms with van der Waals surface area (Å²) in [6.45, 7) is 1.61. The van der Waals surface area contributed by atoms with Gasteiger partial charge in [0.15, 0.2) is 0 Å². The molecular weight excluding hydrogens is 258 g/mol. The van der Waals surface area contributed by atoms with Gasteiger partial charge in [-0.25, -0.2) is 0 Å². The number of rotatable bonds is 3. The molecule has 82 valence electrons. The molecule has 0 spiro atoms. The highest BCUT2D eigenvalue weighted by Crippen LogP contribution is 2.29. The van der Waals surface area contributed by atoms with Gasteiger partial charge in [-0.05, 0) is 24.6 Å². The molecule has 1 aliphatic rings. The standard InChI is InChI=1S/C11H14BrNO2/c1-14-11-3-2-8(12)6-10(11)13-9-4-5-15-7-9/h2-3,6,9,13H,4-5,7H2,1H3. The predicted molar refractivity (Wildman–Crippen MR) is 63.5 cm³/mol. The molecule has 1 aliphatic heterocycles. The highest BCUT2D eigenvalue weighted by atomic mass is 79.9. The van der Waals surface area contributed by atoms with Crippen molar-refractivity contribution in [2.45, 2.75) is 12.5 Å². The van der Waals surface area contributed by atoms with Crippen LogP contribution < -0.4 is 10.1 Å². The summed E-state index contributed by atoms with van der Waals surface area (Å²) in [5.41, 5.74) is 1.02. The predicted octanol–water partition coefficient (Wildman–Crippen LogP) is 2.66. The van der Waals surface area contributed by atoms with Crippen LogP contribution in [0.3, 0.4) is 0 Å². The minimum absolute atomic E-state index is 0.396. The third-order valence-corrected chi connectivity index (χ3v) is 2.94. The number of ether oxygens (including phenoxy) is 2. The zero-order chi connectivity index (χ0) is 10.7. The molecular formula is C11H14BrNO2. The summed E-state index contributed by atoms with van der Waals surface area (Å²) in [6, 6.07) is 6.34. The summed E-state index contributed by atoms with van der Waals surface area (Å²) in [5, 5.41) is 3.42. The van der Waals surface area contributed by atoms with E-state index in [1.165, 1.54) is 0 Å². The quantitative estimate of drug-likeness (QED) is 0.917. The van der Waals surface area contributed by atoms with Crippen LogP contribution in [-0.4, -0.2) is 26.4 Å². The summed E-state index contributed by atoms with van der Waals surface area (Å²) in [4.78, 5) is 0. The summed E-state index contributed by atoms with van der Waals surface area (Å²) >= 11 is 3.45. The van der Waals surface area contributed by atoms with E-state index in [1.54, 1.807) is 7.11 Å². The zero-order valence-electron chi connectivity index (χ0n) is 8.63. The summed E-state index contributed by atoms with van der Waals surface area (Å²) < 4.78 is 11.7. The normalized spacial score (nSPS) is 20.3. The van der Waals surface area contributed by atoms with Crippen LogP contribution in [-0.2, 0) is 4.74 Å². The van der Waals surface area contributed by atoms with Crippen LogP contribution in [0.1, 0.15) is 6.42 Å². The molecule has 3 nitrogen and oxygen atoms in total. The number of anilines is 1. The molecule has 15 heavy (non-hydrogen) atoms. The zero-order valence-corrected chi connectivity index (χ0v) is 10.2. The third-order valence-electron chi connectivity index (χ3n) is 2.45. The molecule has 0 aliphatic carbocycles. The van der Waals surface area contributed by atoms with Crippen molar-refractivity contribution in [1.29, 1.82) is 0 Å². The summed E-state index contributed by atoms with van der Waals surface area (Å²) in [5.74, 6) is 0.866. The highest BCUT2D eigenvalue weighted by molar-refractivity contribution is 9.10. The SMILES string of the molecule is COc1ccc(Br)cc1NC1CCOC1. The largest absolute Gasteiger partial charge is 0.495 e. The number of nitrogens with one attached hydrogen (secondary N) is 1. The van der Waals surface area contributed by atoms with E-state index >= 15 is 0 Å². The molecule has 1 aromatic carbocycles. The maximum atomic E-state index is 5.32. The number of methoxy groups -OCH3 is 1. The van der Waals surface area contributed by atoms with E-state index in [0.29, 0.717) is 6.04 Å². The first kappa shape index (κ1) is 10.8. The third kappa shape index (κ3) is 2.63. The van der Waals surface area contributed by atoms with E-state index in [1.807, 2.05) is 18.2 Å². The Balaban J connectivity index is 2.14. The van der Waals surface area contributed by atoms with Gasteiger partial charge < -0.3 is 14.8 Å². The van der Waals surface area contributed by atoms with Crippen LogP contribution in [0.15, 0.2) is 22.7 Å². The first-order valence-corrected chi connectivity index (χ1v) is 5.76. The van der Waals surface area contributed by atoms with Crippen molar-refractivity contribution in [3.8, 4) is 5.75 Å². The molecule has 1 unspecified atom stereocenters. The molecule has 1 atom stereocenters. The van der Waals surface area contributed by atoms with Crippen molar-refractivity contribution >= 4 is 21.6 Å². The average molecular weight is 272 g/mol. The molecule has 1 aromatic rings. The monoisotopic (exact) mass is 271 g/mol. The average Bonchev–Trinajstić information content (AvgIpc) is 2.71. The Morgan fingerprint density at radius 1 is 1.53 bits per heavy atom. The van der Waals surface area contributed by atoms with Crippen LogP contribution in [0.25, 0.3) is 0 Å². The van der Waals surface area contributed by atoms with E-state index in [9.17, 15) is 0 Å². The van der Waals surface area contributed by atoms with Crippen molar-refractivity contribution in [3.63, 3.8) is 0 Å². The number of hydrogen-bond acceptors (Lipinski definition) is 3. The molecule has 0 amide bonds.